The van der Waals surface area contributed by atoms with E-state index in [1.165, 1.54) is 12.1 Å². The van der Waals surface area contributed by atoms with Crippen molar-refractivity contribution in [1.82, 2.24) is 0 Å². The quantitative estimate of drug-likeness (QED) is 0.668. The van der Waals surface area contributed by atoms with Crippen LogP contribution >= 0.6 is 0 Å². The van der Waals surface area contributed by atoms with Crippen molar-refractivity contribution in [2.75, 3.05) is 0 Å². The molecule has 1 fully saturated rings. The van der Waals surface area contributed by atoms with Crippen LogP contribution in [0.4, 0.5) is 4.39 Å². The van der Waals surface area contributed by atoms with Crippen LogP contribution in [0, 0.1) is 18.7 Å². The molecule has 2 heteroatoms. The molecule has 1 aliphatic rings. The lowest BCUT2D eigenvalue weighted by atomic mass is 9.69. The fraction of sp³-hybridized carbons (Fsp3) is 0.417. The third-order valence-electron chi connectivity index (χ3n) is 3.16. The minimum Gasteiger partial charge on any atom is -0.299 e. The molecule has 1 aliphatic carbocycles. The van der Waals surface area contributed by atoms with E-state index in [2.05, 4.69) is 0 Å². The average molecular weight is 192 g/mol. The van der Waals surface area contributed by atoms with Crippen LogP contribution in [0.2, 0.25) is 0 Å². The smallest absolute Gasteiger partial charge is 0.136 e. The van der Waals surface area contributed by atoms with Gasteiger partial charge in [0.05, 0.1) is 0 Å². The van der Waals surface area contributed by atoms with Crippen LogP contribution in [-0.4, -0.2) is 5.78 Å². The number of ketones is 1. The van der Waals surface area contributed by atoms with Crippen LogP contribution in [0.15, 0.2) is 18.2 Å². The van der Waals surface area contributed by atoms with Crippen molar-refractivity contribution in [3.8, 4) is 0 Å². The molecular weight excluding hydrogens is 179 g/mol. The molecule has 0 amide bonds. The SMILES string of the molecule is Cc1cc(F)ccc1C1CC(=O)C1C. The Morgan fingerprint density at radius 1 is 1.43 bits per heavy atom. The van der Waals surface area contributed by atoms with Crippen LogP contribution < -0.4 is 0 Å². The van der Waals surface area contributed by atoms with Crippen LogP contribution in [0.25, 0.3) is 0 Å². The molecule has 74 valence electrons. The Kier molecular flexibility index (Phi) is 2.14. The lowest BCUT2D eigenvalue weighted by molar-refractivity contribution is -0.130. The molecule has 0 aromatic heterocycles. The zero-order valence-corrected chi connectivity index (χ0v) is 8.38. The summed E-state index contributed by atoms with van der Waals surface area (Å²) in [6.45, 7) is 3.84. The monoisotopic (exact) mass is 192 g/mol. The Bertz CT molecular complexity index is 384. The molecule has 1 aromatic rings. The third-order valence-corrected chi connectivity index (χ3v) is 3.16. The molecule has 0 radical (unpaired) electrons. The fourth-order valence-electron chi connectivity index (χ4n) is 2.08. The summed E-state index contributed by atoms with van der Waals surface area (Å²) in [5.74, 6) is 0.533. The van der Waals surface area contributed by atoms with Gasteiger partial charge in [0.15, 0.2) is 0 Å². The molecule has 2 rings (SSSR count). The van der Waals surface area contributed by atoms with Gasteiger partial charge in [0, 0.05) is 18.3 Å². The van der Waals surface area contributed by atoms with Crippen molar-refractivity contribution in [3.05, 3.63) is 35.1 Å². The standard InChI is InChI=1S/C12H13FO/c1-7-5-9(13)3-4-10(7)11-6-12(14)8(11)2/h3-5,8,11H,6H2,1-2H3. The first kappa shape index (κ1) is 9.38. The highest BCUT2D eigenvalue weighted by molar-refractivity contribution is 5.89. The summed E-state index contributed by atoms with van der Waals surface area (Å²) < 4.78 is 12.8. The van der Waals surface area contributed by atoms with Gasteiger partial charge >= 0.3 is 0 Å². The highest BCUT2D eigenvalue weighted by Crippen LogP contribution is 2.40. The van der Waals surface area contributed by atoms with E-state index in [1.807, 2.05) is 13.8 Å². The first-order chi connectivity index (χ1) is 6.59. The number of hydrogen-bond acceptors (Lipinski definition) is 1. The molecular formula is C12H13FO. The second-order valence-corrected chi connectivity index (χ2v) is 4.07. The summed E-state index contributed by atoms with van der Waals surface area (Å²) in [7, 11) is 0. The number of Topliss-reactive ketones (excluding diaryl/α,β-unsaturated/α-hetero) is 1. The molecule has 1 nitrogen and oxygen atoms in total. The van der Waals surface area contributed by atoms with Gasteiger partial charge in [0.25, 0.3) is 0 Å². The second kappa shape index (κ2) is 3.19. The van der Waals surface area contributed by atoms with Gasteiger partial charge in [0.1, 0.15) is 11.6 Å². The molecule has 2 unspecified atom stereocenters. The van der Waals surface area contributed by atoms with Crippen molar-refractivity contribution >= 4 is 5.78 Å². The average Bonchev–Trinajstić information content (AvgIpc) is 2.15. The summed E-state index contributed by atoms with van der Waals surface area (Å²) in [5.41, 5.74) is 2.08. The number of hydrogen-bond donors (Lipinski definition) is 0. The van der Waals surface area contributed by atoms with Crippen molar-refractivity contribution in [2.24, 2.45) is 5.92 Å². The lowest BCUT2D eigenvalue weighted by Crippen LogP contribution is -2.33. The van der Waals surface area contributed by atoms with Gasteiger partial charge in [-0.05, 0) is 30.2 Å². The van der Waals surface area contributed by atoms with Crippen LogP contribution in [-0.2, 0) is 4.79 Å². The maximum absolute atomic E-state index is 12.8. The van der Waals surface area contributed by atoms with E-state index >= 15 is 0 Å². The predicted molar refractivity (Wildman–Crippen MR) is 52.7 cm³/mol. The van der Waals surface area contributed by atoms with Crippen LogP contribution in [0.1, 0.15) is 30.4 Å². The van der Waals surface area contributed by atoms with E-state index in [0.29, 0.717) is 18.1 Å². The highest BCUT2D eigenvalue weighted by atomic mass is 19.1. The van der Waals surface area contributed by atoms with Gasteiger partial charge < -0.3 is 0 Å². The largest absolute Gasteiger partial charge is 0.299 e. The third kappa shape index (κ3) is 1.35. The minimum absolute atomic E-state index is 0.110. The maximum Gasteiger partial charge on any atom is 0.136 e. The van der Waals surface area contributed by atoms with Gasteiger partial charge in [-0.15, -0.1) is 0 Å². The summed E-state index contributed by atoms with van der Waals surface area (Å²) in [4.78, 5) is 11.1. The van der Waals surface area contributed by atoms with E-state index < -0.39 is 0 Å². The van der Waals surface area contributed by atoms with Crippen molar-refractivity contribution < 1.29 is 9.18 Å². The molecule has 1 saturated carbocycles. The molecule has 0 heterocycles. The van der Waals surface area contributed by atoms with Crippen molar-refractivity contribution in [2.45, 2.75) is 26.2 Å². The Hall–Kier alpha value is -1.18. The molecule has 0 aliphatic heterocycles. The molecule has 0 bridgehead atoms. The van der Waals surface area contributed by atoms with Gasteiger partial charge in [-0.1, -0.05) is 13.0 Å². The second-order valence-electron chi connectivity index (χ2n) is 4.07. The molecule has 0 saturated heterocycles. The van der Waals surface area contributed by atoms with Gasteiger partial charge in [-0.25, -0.2) is 4.39 Å². The summed E-state index contributed by atoms with van der Waals surface area (Å²) in [6, 6.07) is 4.81. The minimum atomic E-state index is -0.204. The number of carbonyl (C=O) groups excluding carboxylic acids is 1. The predicted octanol–water partition coefficient (Wildman–Crippen LogP) is 2.83. The Morgan fingerprint density at radius 2 is 2.14 bits per heavy atom. The molecule has 1 aromatic carbocycles. The van der Waals surface area contributed by atoms with Crippen molar-refractivity contribution in [1.29, 1.82) is 0 Å². The summed E-state index contributed by atoms with van der Waals surface area (Å²) in [5, 5.41) is 0. The molecule has 0 N–H and O–H groups in total. The van der Waals surface area contributed by atoms with Gasteiger partial charge in [-0.2, -0.15) is 0 Å². The first-order valence-electron chi connectivity index (χ1n) is 4.88. The number of aryl methyl sites for hydroxylation is 1. The van der Waals surface area contributed by atoms with E-state index in [0.717, 1.165) is 11.1 Å². The zero-order valence-electron chi connectivity index (χ0n) is 8.38. The molecule has 2 atom stereocenters. The van der Waals surface area contributed by atoms with Gasteiger partial charge in [-0.3, -0.25) is 4.79 Å². The van der Waals surface area contributed by atoms with Crippen LogP contribution in [0.5, 0.6) is 0 Å². The van der Waals surface area contributed by atoms with E-state index in [4.69, 9.17) is 0 Å². The van der Waals surface area contributed by atoms with E-state index in [1.54, 1.807) is 6.07 Å². The first-order valence-corrected chi connectivity index (χ1v) is 4.88. The summed E-state index contributed by atoms with van der Waals surface area (Å²) >= 11 is 0. The number of carbonyl (C=O) groups is 1. The van der Waals surface area contributed by atoms with Gasteiger partial charge in [0.2, 0.25) is 0 Å². The fourth-order valence-corrected chi connectivity index (χ4v) is 2.08. The zero-order chi connectivity index (χ0) is 10.3. The Morgan fingerprint density at radius 3 is 2.64 bits per heavy atom. The topological polar surface area (TPSA) is 17.1 Å². The Labute approximate surface area is 82.9 Å². The summed E-state index contributed by atoms with van der Waals surface area (Å²) in [6.07, 6.45) is 0.619. The highest BCUT2D eigenvalue weighted by Gasteiger charge is 2.37. The number of rotatable bonds is 1. The van der Waals surface area contributed by atoms with E-state index in [-0.39, 0.29) is 11.7 Å². The van der Waals surface area contributed by atoms with E-state index in [9.17, 15) is 9.18 Å². The Balaban J connectivity index is 2.30. The maximum atomic E-state index is 12.8. The number of halogens is 1. The van der Waals surface area contributed by atoms with Crippen LogP contribution in [0.3, 0.4) is 0 Å². The number of benzene rings is 1. The van der Waals surface area contributed by atoms with Crippen molar-refractivity contribution in [3.63, 3.8) is 0 Å². The molecule has 0 spiro atoms. The lowest BCUT2D eigenvalue weighted by Gasteiger charge is -2.33. The molecule has 14 heavy (non-hydrogen) atoms. The normalized spacial score (nSPS) is 26.1.